The average molecular weight is 433 g/mol. The second kappa shape index (κ2) is 7.98. The van der Waals surface area contributed by atoms with E-state index in [1.54, 1.807) is 17.0 Å². The molecule has 6 rings (SSSR count). The third kappa shape index (κ3) is 3.65. The van der Waals surface area contributed by atoms with Crippen molar-refractivity contribution >= 4 is 22.6 Å². The first kappa shape index (κ1) is 19.4. The predicted molar refractivity (Wildman–Crippen MR) is 125 cm³/mol. The van der Waals surface area contributed by atoms with Gasteiger partial charge in [-0.15, -0.1) is 0 Å². The molecule has 3 aromatic heterocycles. The minimum absolute atomic E-state index is 0.0122. The van der Waals surface area contributed by atoms with Gasteiger partial charge in [-0.3, -0.25) is 10.3 Å². The van der Waals surface area contributed by atoms with Crippen molar-refractivity contribution in [3.63, 3.8) is 0 Å². The molecule has 0 radical (unpaired) electrons. The fourth-order valence-corrected chi connectivity index (χ4v) is 4.33. The average Bonchev–Trinajstić information content (AvgIpc) is 3.48. The van der Waals surface area contributed by atoms with Crippen LogP contribution < -0.4 is 9.88 Å². The lowest BCUT2D eigenvalue weighted by atomic mass is 10.1. The van der Waals surface area contributed by atoms with Crippen molar-refractivity contribution in [1.29, 1.82) is 0 Å². The Labute approximate surface area is 190 Å². The molecule has 33 heavy (non-hydrogen) atoms. The molecule has 1 unspecified atom stereocenters. The van der Waals surface area contributed by atoms with E-state index >= 15 is 0 Å². The topological polar surface area (TPSA) is 71.9 Å². The summed E-state index contributed by atoms with van der Waals surface area (Å²) in [5.41, 5.74) is 4.60. The van der Waals surface area contributed by atoms with Gasteiger partial charge in [-0.25, -0.2) is 9.78 Å². The largest absolute Gasteiger partial charge is 0.469 e. The van der Waals surface area contributed by atoms with E-state index in [1.807, 2.05) is 60.8 Å². The van der Waals surface area contributed by atoms with Gasteiger partial charge in [0.15, 0.2) is 0 Å². The van der Waals surface area contributed by atoms with Crippen molar-refractivity contribution in [3.05, 3.63) is 108 Å². The summed E-state index contributed by atoms with van der Waals surface area (Å²) in [5, 5.41) is 4.43. The van der Waals surface area contributed by atoms with Gasteiger partial charge >= 0.3 is 11.7 Å². The highest BCUT2D eigenvalue weighted by Crippen LogP contribution is 2.26. The van der Waals surface area contributed by atoms with E-state index in [2.05, 4.69) is 28.5 Å². The van der Waals surface area contributed by atoms with Crippen LogP contribution in [-0.2, 0) is 12.8 Å². The zero-order valence-electron chi connectivity index (χ0n) is 17.8. The maximum absolute atomic E-state index is 13.3. The fourth-order valence-electron chi connectivity index (χ4n) is 4.33. The Hall–Kier alpha value is -4.32. The van der Waals surface area contributed by atoms with Gasteiger partial charge in [0, 0.05) is 23.6 Å². The third-order valence-corrected chi connectivity index (χ3v) is 5.97. The summed E-state index contributed by atoms with van der Waals surface area (Å²) in [4.78, 5) is 22.8. The van der Waals surface area contributed by atoms with Crippen molar-refractivity contribution in [3.8, 4) is 11.3 Å². The highest BCUT2D eigenvalue weighted by atomic mass is 16.3. The van der Waals surface area contributed by atoms with Crippen LogP contribution in [0.3, 0.4) is 0 Å². The lowest BCUT2D eigenvalue weighted by Crippen LogP contribution is -2.44. The molecule has 0 saturated heterocycles. The van der Waals surface area contributed by atoms with Gasteiger partial charge in [-0.2, -0.15) is 4.57 Å². The van der Waals surface area contributed by atoms with Crippen LogP contribution in [0.15, 0.2) is 95.9 Å². The van der Waals surface area contributed by atoms with E-state index in [1.165, 1.54) is 0 Å². The van der Waals surface area contributed by atoms with Crippen LogP contribution in [0.25, 0.3) is 22.2 Å². The minimum Gasteiger partial charge on any atom is -0.469 e. The summed E-state index contributed by atoms with van der Waals surface area (Å²) < 4.78 is 7.19. The monoisotopic (exact) mass is 433 g/mol. The summed E-state index contributed by atoms with van der Waals surface area (Å²) >= 11 is 0. The third-order valence-electron chi connectivity index (χ3n) is 5.97. The predicted octanol–water partition coefficient (Wildman–Crippen LogP) is 4.45. The molecule has 1 aliphatic heterocycles. The van der Waals surface area contributed by atoms with Gasteiger partial charge in [0.25, 0.3) is 0 Å². The zero-order valence-corrected chi connectivity index (χ0v) is 17.8. The molecule has 0 fully saturated rings. The molecule has 5 aromatic rings. The van der Waals surface area contributed by atoms with Crippen molar-refractivity contribution in [1.82, 2.24) is 9.97 Å². The van der Waals surface area contributed by atoms with Gasteiger partial charge in [0.1, 0.15) is 23.3 Å². The van der Waals surface area contributed by atoms with Crippen molar-refractivity contribution in [2.75, 3.05) is 5.32 Å². The van der Waals surface area contributed by atoms with Crippen LogP contribution in [0.5, 0.6) is 0 Å². The molecule has 0 saturated carbocycles. The second-order valence-electron chi connectivity index (χ2n) is 8.18. The molecule has 4 heterocycles. The smallest absolute Gasteiger partial charge is 0.359 e. The molecule has 0 aliphatic carbocycles. The Morgan fingerprint density at radius 2 is 1.91 bits per heavy atom. The maximum Gasteiger partial charge on any atom is 0.359 e. The number of furan rings is 1. The van der Waals surface area contributed by atoms with E-state index in [0.29, 0.717) is 12.8 Å². The van der Waals surface area contributed by atoms with Crippen LogP contribution in [0.1, 0.15) is 21.8 Å². The number of nitrogens with zero attached hydrogens (tertiary/aromatic N) is 3. The molecule has 0 bridgehead atoms. The lowest BCUT2D eigenvalue weighted by molar-refractivity contribution is -0.552. The maximum atomic E-state index is 13.3. The second-order valence-corrected chi connectivity index (χ2v) is 8.18. The SMILES string of the molecule is O=C1C(Cc2ccco2)Nc2c(Cc3ccccc3)nc(-c3ccc4ncccc4c3)c[n+]21. The van der Waals surface area contributed by atoms with Crippen LogP contribution in [0.4, 0.5) is 5.82 Å². The summed E-state index contributed by atoms with van der Waals surface area (Å²) in [7, 11) is 0. The molecule has 6 heteroatoms. The van der Waals surface area contributed by atoms with Crippen LogP contribution in [-0.4, -0.2) is 21.9 Å². The molecular weight excluding hydrogens is 412 g/mol. The number of benzene rings is 2. The van der Waals surface area contributed by atoms with Gasteiger partial charge in [-0.05, 0) is 35.9 Å². The number of fused-ring (bicyclic) bond motifs is 2. The van der Waals surface area contributed by atoms with E-state index in [9.17, 15) is 4.79 Å². The fraction of sp³-hybridized carbons (Fsp3) is 0.111. The Morgan fingerprint density at radius 1 is 1.00 bits per heavy atom. The van der Waals surface area contributed by atoms with Crippen molar-refractivity contribution in [2.24, 2.45) is 0 Å². The van der Waals surface area contributed by atoms with E-state index < -0.39 is 6.04 Å². The van der Waals surface area contributed by atoms with Gasteiger partial charge in [-0.1, -0.05) is 42.5 Å². The van der Waals surface area contributed by atoms with E-state index in [-0.39, 0.29) is 5.91 Å². The first-order valence-electron chi connectivity index (χ1n) is 10.9. The zero-order chi connectivity index (χ0) is 22.2. The number of nitrogens with one attached hydrogen (secondary N) is 1. The summed E-state index contributed by atoms with van der Waals surface area (Å²) in [6.45, 7) is 0. The summed E-state index contributed by atoms with van der Waals surface area (Å²) in [6.07, 6.45) is 6.35. The molecule has 0 spiro atoms. The van der Waals surface area contributed by atoms with Gasteiger partial charge in [0.05, 0.1) is 18.2 Å². The Morgan fingerprint density at radius 3 is 2.76 bits per heavy atom. The molecule has 6 nitrogen and oxygen atoms in total. The first-order valence-corrected chi connectivity index (χ1v) is 10.9. The number of carbonyl (C=O) groups excluding carboxylic acids is 1. The van der Waals surface area contributed by atoms with Gasteiger partial charge < -0.3 is 4.42 Å². The number of anilines is 1. The minimum atomic E-state index is -0.400. The number of pyridine rings is 1. The number of carbonyl (C=O) groups is 1. The standard InChI is InChI=1S/C27H20N4O2/c32-27-24(16-21-9-5-13-33-21)30-26-23(14-18-6-2-1-3-7-18)29-25(17-31(26)27)20-10-11-22-19(15-20)8-4-12-28-22/h1-13,15,17,24H,14,16H2/p+1. The molecule has 1 N–H and O–H groups in total. The Kier molecular flexibility index (Phi) is 4.69. The van der Waals surface area contributed by atoms with Crippen molar-refractivity contribution < 1.29 is 13.8 Å². The quantitative estimate of drug-likeness (QED) is 0.415. The summed E-state index contributed by atoms with van der Waals surface area (Å²) in [6, 6.07) is 23.5. The molecule has 1 atom stereocenters. The molecule has 2 aromatic carbocycles. The van der Waals surface area contributed by atoms with E-state index in [4.69, 9.17) is 9.40 Å². The molecule has 1 aliphatic rings. The Bertz CT molecular complexity index is 1460. The number of aromatic nitrogens is 3. The first-order chi connectivity index (χ1) is 16.2. The van der Waals surface area contributed by atoms with Crippen LogP contribution in [0.2, 0.25) is 0 Å². The molecular formula is C27H21N4O2+. The normalized spacial score (nSPS) is 14.9. The highest BCUT2D eigenvalue weighted by Gasteiger charge is 2.41. The lowest BCUT2D eigenvalue weighted by Gasteiger charge is -2.08. The number of hydrogen-bond donors (Lipinski definition) is 1. The van der Waals surface area contributed by atoms with Crippen LogP contribution >= 0.6 is 0 Å². The van der Waals surface area contributed by atoms with E-state index in [0.717, 1.165) is 45.0 Å². The van der Waals surface area contributed by atoms with Crippen LogP contribution in [0, 0.1) is 0 Å². The number of rotatable bonds is 5. The molecule has 160 valence electrons. The Balaban J connectivity index is 1.44. The highest BCUT2D eigenvalue weighted by molar-refractivity contribution is 5.85. The number of hydrogen-bond acceptors (Lipinski definition) is 5. The van der Waals surface area contributed by atoms with Crippen molar-refractivity contribution in [2.45, 2.75) is 18.9 Å². The summed E-state index contributed by atoms with van der Waals surface area (Å²) in [5.74, 6) is 1.50. The van der Waals surface area contributed by atoms with Gasteiger partial charge in [0.2, 0.25) is 6.04 Å². The molecule has 0 amide bonds.